The minimum atomic E-state index is 0.148. The van der Waals surface area contributed by atoms with Crippen LogP contribution in [0.15, 0.2) is 18.2 Å². The third kappa shape index (κ3) is 2.33. The summed E-state index contributed by atoms with van der Waals surface area (Å²) in [6.07, 6.45) is 2.79. The third-order valence-electron chi connectivity index (χ3n) is 3.89. The highest BCUT2D eigenvalue weighted by Crippen LogP contribution is 2.25. The normalized spacial score (nSPS) is 23.3. The van der Waals surface area contributed by atoms with E-state index >= 15 is 0 Å². The molecule has 0 aromatic heterocycles. The summed E-state index contributed by atoms with van der Waals surface area (Å²) in [6.45, 7) is 5.51. The van der Waals surface area contributed by atoms with Gasteiger partial charge in [0.1, 0.15) is 0 Å². The third-order valence-corrected chi connectivity index (χ3v) is 3.89. The Morgan fingerprint density at radius 2 is 2.22 bits per heavy atom. The number of Topliss-reactive ketones (excluding diaryl/α,β-unsaturated/α-hetero) is 1. The zero-order chi connectivity index (χ0) is 12.5. The van der Waals surface area contributed by atoms with Gasteiger partial charge in [-0.1, -0.05) is 12.1 Å². The van der Waals surface area contributed by atoms with Crippen LogP contribution in [0.5, 0.6) is 0 Å². The molecule has 2 aliphatic heterocycles. The van der Waals surface area contributed by atoms with Gasteiger partial charge < -0.3 is 4.74 Å². The van der Waals surface area contributed by atoms with E-state index in [9.17, 15) is 4.79 Å². The standard InChI is InChI=1S/C15H19NO2/c1-11(17)12-4-5-13-8-16(9-14(13)7-12)10-15-3-2-6-18-15/h4-5,7,15H,2-3,6,8-10H2,1H3. The molecule has 3 rings (SSSR count). The van der Waals surface area contributed by atoms with Gasteiger partial charge in [-0.3, -0.25) is 9.69 Å². The summed E-state index contributed by atoms with van der Waals surface area (Å²) in [4.78, 5) is 13.8. The van der Waals surface area contributed by atoms with Gasteiger partial charge in [-0.25, -0.2) is 0 Å². The number of ether oxygens (including phenoxy) is 1. The van der Waals surface area contributed by atoms with Crippen LogP contribution in [0.2, 0.25) is 0 Å². The summed E-state index contributed by atoms with van der Waals surface area (Å²) >= 11 is 0. The number of rotatable bonds is 3. The monoisotopic (exact) mass is 245 g/mol. The smallest absolute Gasteiger partial charge is 0.159 e. The molecule has 0 radical (unpaired) electrons. The Labute approximate surface area is 108 Å². The van der Waals surface area contributed by atoms with Crippen molar-refractivity contribution in [3.63, 3.8) is 0 Å². The predicted molar refractivity (Wildman–Crippen MR) is 69.5 cm³/mol. The highest BCUT2D eigenvalue weighted by Gasteiger charge is 2.24. The molecular formula is C15H19NO2. The summed E-state index contributed by atoms with van der Waals surface area (Å²) in [5.74, 6) is 0.148. The molecule has 1 atom stereocenters. The lowest BCUT2D eigenvalue weighted by atomic mass is 10.0. The second-order valence-corrected chi connectivity index (χ2v) is 5.34. The lowest BCUT2D eigenvalue weighted by Gasteiger charge is -2.18. The summed E-state index contributed by atoms with van der Waals surface area (Å²) in [5.41, 5.74) is 3.49. The van der Waals surface area contributed by atoms with Gasteiger partial charge in [0, 0.05) is 31.8 Å². The summed E-state index contributed by atoms with van der Waals surface area (Å²) in [7, 11) is 0. The SMILES string of the molecule is CC(=O)c1ccc2c(c1)CN(CC1CCCO1)C2. The van der Waals surface area contributed by atoms with Crippen LogP contribution in [0.4, 0.5) is 0 Å². The first-order chi connectivity index (χ1) is 8.72. The number of hydrogen-bond donors (Lipinski definition) is 0. The van der Waals surface area contributed by atoms with Gasteiger partial charge in [0.15, 0.2) is 5.78 Å². The summed E-state index contributed by atoms with van der Waals surface area (Å²) < 4.78 is 5.68. The summed E-state index contributed by atoms with van der Waals surface area (Å²) in [6, 6.07) is 6.09. The van der Waals surface area contributed by atoms with E-state index in [0.29, 0.717) is 6.10 Å². The van der Waals surface area contributed by atoms with E-state index in [1.54, 1.807) is 6.92 Å². The van der Waals surface area contributed by atoms with Gasteiger partial charge in [-0.15, -0.1) is 0 Å². The minimum Gasteiger partial charge on any atom is -0.377 e. The van der Waals surface area contributed by atoms with E-state index in [-0.39, 0.29) is 5.78 Å². The van der Waals surface area contributed by atoms with Gasteiger partial charge in [0.05, 0.1) is 6.10 Å². The largest absolute Gasteiger partial charge is 0.377 e. The number of carbonyl (C=O) groups excluding carboxylic acids is 1. The highest BCUT2D eigenvalue weighted by molar-refractivity contribution is 5.94. The van der Waals surface area contributed by atoms with Gasteiger partial charge in [-0.2, -0.15) is 0 Å². The zero-order valence-corrected chi connectivity index (χ0v) is 10.8. The fourth-order valence-corrected chi connectivity index (χ4v) is 2.89. The maximum atomic E-state index is 11.4. The number of ketones is 1. The first kappa shape index (κ1) is 11.9. The molecule has 2 heterocycles. The number of benzene rings is 1. The van der Waals surface area contributed by atoms with Crippen LogP contribution >= 0.6 is 0 Å². The highest BCUT2D eigenvalue weighted by atomic mass is 16.5. The Bertz CT molecular complexity index is 464. The Morgan fingerprint density at radius 3 is 2.94 bits per heavy atom. The van der Waals surface area contributed by atoms with Crippen molar-refractivity contribution in [2.75, 3.05) is 13.2 Å². The molecule has 3 heteroatoms. The van der Waals surface area contributed by atoms with Crippen molar-refractivity contribution in [2.45, 2.75) is 39.0 Å². The Balaban J connectivity index is 1.68. The number of hydrogen-bond acceptors (Lipinski definition) is 3. The van der Waals surface area contributed by atoms with Gasteiger partial charge in [-0.05, 0) is 37.0 Å². The molecule has 0 aliphatic carbocycles. The molecule has 96 valence electrons. The first-order valence-electron chi connectivity index (χ1n) is 6.69. The predicted octanol–water partition coefficient (Wildman–Crippen LogP) is 2.38. The Hall–Kier alpha value is -1.19. The van der Waals surface area contributed by atoms with Crippen LogP contribution in [0, 0.1) is 0 Å². The van der Waals surface area contributed by atoms with Crippen LogP contribution < -0.4 is 0 Å². The second-order valence-electron chi connectivity index (χ2n) is 5.34. The molecule has 0 saturated carbocycles. The van der Waals surface area contributed by atoms with E-state index in [0.717, 1.165) is 31.8 Å². The van der Waals surface area contributed by atoms with Crippen LogP contribution in [-0.2, 0) is 17.8 Å². The number of carbonyl (C=O) groups is 1. The topological polar surface area (TPSA) is 29.5 Å². The molecule has 0 spiro atoms. The van der Waals surface area contributed by atoms with Gasteiger partial charge in [0.25, 0.3) is 0 Å². The van der Waals surface area contributed by atoms with Crippen LogP contribution in [0.3, 0.4) is 0 Å². The molecule has 0 bridgehead atoms. The maximum absolute atomic E-state index is 11.4. The van der Waals surface area contributed by atoms with Gasteiger partial charge >= 0.3 is 0 Å². The van der Waals surface area contributed by atoms with E-state index in [4.69, 9.17) is 4.74 Å². The van der Waals surface area contributed by atoms with Crippen molar-refractivity contribution in [3.05, 3.63) is 34.9 Å². The van der Waals surface area contributed by atoms with Crippen LogP contribution in [-0.4, -0.2) is 29.9 Å². The van der Waals surface area contributed by atoms with Crippen molar-refractivity contribution in [2.24, 2.45) is 0 Å². The van der Waals surface area contributed by atoms with E-state index < -0.39 is 0 Å². The minimum absolute atomic E-state index is 0.148. The van der Waals surface area contributed by atoms with E-state index in [1.165, 1.54) is 24.0 Å². The molecule has 1 saturated heterocycles. The van der Waals surface area contributed by atoms with Crippen molar-refractivity contribution >= 4 is 5.78 Å². The number of fused-ring (bicyclic) bond motifs is 1. The second kappa shape index (κ2) is 4.82. The molecular weight excluding hydrogens is 226 g/mol. The lowest BCUT2D eigenvalue weighted by Crippen LogP contribution is -2.27. The van der Waals surface area contributed by atoms with Crippen LogP contribution in [0.1, 0.15) is 41.3 Å². The fourth-order valence-electron chi connectivity index (χ4n) is 2.89. The van der Waals surface area contributed by atoms with Crippen molar-refractivity contribution in [3.8, 4) is 0 Å². The first-order valence-corrected chi connectivity index (χ1v) is 6.69. The van der Waals surface area contributed by atoms with Crippen molar-refractivity contribution in [1.29, 1.82) is 0 Å². The Morgan fingerprint density at radius 1 is 1.39 bits per heavy atom. The fraction of sp³-hybridized carbons (Fsp3) is 0.533. The lowest BCUT2D eigenvalue weighted by molar-refractivity contribution is 0.0723. The molecule has 0 N–H and O–H groups in total. The number of nitrogens with zero attached hydrogens (tertiary/aromatic N) is 1. The van der Waals surface area contributed by atoms with Crippen molar-refractivity contribution < 1.29 is 9.53 Å². The Kier molecular flexibility index (Phi) is 3.18. The molecule has 2 aliphatic rings. The molecule has 1 aromatic rings. The van der Waals surface area contributed by atoms with E-state index in [1.807, 2.05) is 12.1 Å². The molecule has 1 aromatic carbocycles. The van der Waals surface area contributed by atoms with Crippen LogP contribution in [0.25, 0.3) is 0 Å². The maximum Gasteiger partial charge on any atom is 0.159 e. The quantitative estimate of drug-likeness (QED) is 0.766. The molecule has 18 heavy (non-hydrogen) atoms. The average molecular weight is 245 g/mol. The molecule has 0 amide bonds. The van der Waals surface area contributed by atoms with Gasteiger partial charge in [0.2, 0.25) is 0 Å². The molecule has 1 fully saturated rings. The zero-order valence-electron chi connectivity index (χ0n) is 10.8. The van der Waals surface area contributed by atoms with Crippen molar-refractivity contribution in [1.82, 2.24) is 4.90 Å². The molecule has 3 nitrogen and oxygen atoms in total. The average Bonchev–Trinajstić information content (AvgIpc) is 2.96. The van der Waals surface area contributed by atoms with E-state index in [2.05, 4.69) is 11.0 Å². The molecule has 1 unspecified atom stereocenters. The summed E-state index contributed by atoms with van der Waals surface area (Å²) in [5, 5.41) is 0.